The van der Waals surface area contributed by atoms with Crippen molar-refractivity contribution in [3.8, 4) is 11.4 Å². The van der Waals surface area contributed by atoms with Crippen molar-refractivity contribution in [2.75, 3.05) is 6.61 Å². The Morgan fingerprint density at radius 2 is 2.05 bits per heavy atom. The van der Waals surface area contributed by atoms with E-state index in [9.17, 15) is 0 Å². The molecule has 3 aromatic rings. The molecular weight excluding hydrogens is 292 g/mol. The highest BCUT2D eigenvalue weighted by Crippen LogP contribution is 2.27. The number of nitrogens with one attached hydrogen (secondary N) is 1. The van der Waals surface area contributed by atoms with Crippen LogP contribution in [0.25, 0.3) is 16.7 Å². The van der Waals surface area contributed by atoms with Gasteiger partial charge in [0, 0.05) is 6.07 Å². The Labute approximate surface area is 126 Å². The van der Waals surface area contributed by atoms with Crippen LogP contribution in [0.4, 0.5) is 0 Å². The van der Waals surface area contributed by atoms with Gasteiger partial charge in [0.15, 0.2) is 4.77 Å². The molecule has 1 N–H and O–H groups in total. The van der Waals surface area contributed by atoms with E-state index in [4.69, 9.17) is 28.6 Å². The summed E-state index contributed by atoms with van der Waals surface area (Å²) < 4.78 is 8.08. The smallest absolute Gasteiger partial charge is 0.182 e. The molecule has 1 heterocycles. The Kier molecular flexibility index (Phi) is 3.51. The summed E-state index contributed by atoms with van der Waals surface area (Å²) in [7, 11) is 0. The summed E-state index contributed by atoms with van der Waals surface area (Å²) in [5.74, 6) is 0.813. The monoisotopic (exact) mass is 304 g/mol. The Bertz CT molecular complexity index is 822. The summed E-state index contributed by atoms with van der Waals surface area (Å²) in [5.41, 5.74) is 2.73. The molecule has 3 rings (SSSR count). The number of aromatic amines is 1. The average molecular weight is 305 g/mol. The number of halogens is 1. The fraction of sp³-hybridized carbons (Fsp3) is 0.133. The van der Waals surface area contributed by atoms with Gasteiger partial charge >= 0.3 is 0 Å². The van der Waals surface area contributed by atoms with Crippen LogP contribution in [0, 0.1) is 4.77 Å². The summed E-state index contributed by atoms with van der Waals surface area (Å²) >= 11 is 11.7. The minimum Gasteiger partial charge on any atom is -0.494 e. The molecule has 0 amide bonds. The van der Waals surface area contributed by atoms with Crippen LogP contribution in [-0.4, -0.2) is 16.2 Å². The molecule has 3 nitrogen and oxygen atoms in total. The third-order valence-electron chi connectivity index (χ3n) is 3.04. The molecule has 0 unspecified atom stereocenters. The van der Waals surface area contributed by atoms with E-state index < -0.39 is 0 Å². The van der Waals surface area contributed by atoms with Crippen LogP contribution in [0.5, 0.6) is 5.75 Å². The van der Waals surface area contributed by atoms with E-state index in [1.54, 1.807) is 0 Å². The fourth-order valence-electron chi connectivity index (χ4n) is 2.24. The highest BCUT2D eigenvalue weighted by molar-refractivity contribution is 7.71. The van der Waals surface area contributed by atoms with Crippen molar-refractivity contribution in [2.45, 2.75) is 6.92 Å². The quantitative estimate of drug-likeness (QED) is 0.708. The van der Waals surface area contributed by atoms with E-state index in [1.807, 2.05) is 54.0 Å². The number of ether oxygens (including phenoxy) is 1. The van der Waals surface area contributed by atoms with E-state index in [2.05, 4.69) is 4.98 Å². The molecule has 0 aliphatic rings. The van der Waals surface area contributed by atoms with Crippen molar-refractivity contribution in [1.82, 2.24) is 9.55 Å². The lowest BCUT2D eigenvalue weighted by molar-refractivity contribution is 0.340. The number of fused-ring (bicyclic) bond motifs is 1. The first-order valence-corrected chi connectivity index (χ1v) is 7.12. The minimum absolute atomic E-state index is 0.613. The molecule has 5 heteroatoms. The normalized spacial score (nSPS) is 10.9. The lowest BCUT2D eigenvalue weighted by Gasteiger charge is -2.08. The number of aromatic nitrogens is 2. The van der Waals surface area contributed by atoms with Crippen LogP contribution >= 0.6 is 23.8 Å². The van der Waals surface area contributed by atoms with Crippen LogP contribution < -0.4 is 4.74 Å². The van der Waals surface area contributed by atoms with Crippen molar-refractivity contribution < 1.29 is 4.74 Å². The topological polar surface area (TPSA) is 29.9 Å². The van der Waals surface area contributed by atoms with Crippen molar-refractivity contribution in [1.29, 1.82) is 0 Å². The number of imidazole rings is 1. The molecule has 1 aromatic heterocycles. The Morgan fingerprint density at radius 3 is 2.85 bits per heavy atom. The minimum atomic E-state index is 0.613. The Balaban J connectivity index is 2.26. The molecule has 0 radical (unpaired) electrons. The lowest BCUT2D eigenvalue weighted by Crippen LogP contribution is -1.97. The molecule has 102 valence electrons. The number of nitrogens with zero attached hydrogens (tertiary/aromatic N) is 1. The molecule has 0 saturated heterocycles. The zero-order chi connectivity index (χ0) is 14.1. The molecule has 20 heavy (non-hydrogen) atoms. The van der Waals surface area contributed by atoms with Gasteiger partial charge in [-0.2, -0.15) is 0 Å². The maximum absolute atomic E-state index is 6.31. The summed E-state index contributed by atoms with van der Waals surface area (Å²) in [6, 6.07) is 13.5. The van der Waals surface area contributed by atoms with Crippen LogP contribution in [0.3, 0.4) is 0 Å². The van der Waals surface area contributed by atoms with Crippen molar-refractivity contribution in [2.24, 2.45) is 0 Å². The van der Waals surface area contributed by atoms with E-state index >= 15 is 0 Å². The average Bonchev–Trinajstić information content (AvgIpc) is 2.77. The van der Waals surface area contributed by atoms with Gasteiger partial charge in [-0.15, -0.1) is 0 Å². The maximum Gasteiger partial charge on any atom is 0.182 e. The van der Waals surface area contributed by atoms with Crippen molar-refractivity contribution in [3.05, 3.63) is 52.3 Å². The number of hydrogen-bond acceptors (Lipinski definition) is 2. The molecule has 0 spiro atoms. The van der Waals surface area contributed by atoms with Crippen LogP contribution in [-0.2, 0) is 0 Å². The first-order valence-electron chi connectivity index (χ1n) is 6.33. The number of hydrogen-bond donors (Lipinski definition) is 1. The van der Waals surface area contributed by atoms with Gasteiger partial charge in [0.2, 0.25) is 0 Å². The van der Waals surface area contributed by atoms with Gasteiger partial charge in [-0.3, -0.25) is 4.57 Å². The lowest BCUT2D eigenvalue weighted by atomic mass is 10.2. The maximum atomic E-state index is 6.31. The molecule has 0 saturated carbocycles. The second kappa shape index (κ2) is 5.31. The number of para-hydroxylation sites is 1. The summed E-state index contributed by atoms with van der Waals surface area (Å²) in [5, 5.41) is 0.664. The summed E-state index contributed by atoms with van der Waals surface area (Å²) in [4.78, 5) is 3.17. The predicted octanol–water partition coefficient (Wildman–Crippen LogP) is 4.74. The second-order valence-corrected chi connectivity index (χ2v) is 5.13. The third kappa shape index (κ3) is 2.21. The van der Waals surface area contributed by atoms with Crippen LogP contribution in [0.2, 0.25) is 5.02 Å². The molecule has 2 aromatic carbocycles. The molecule has 0 atom stereocenters. The summed E-state index contributed by atoms with van der Waals surface area (Å²) in [6.07, 6.45) is 0. The van der Waals surface area contributed by atoms with E-state index in [-0.39, 0.29) is 0 Å². The SMILES string of the molecule is CCOc1cccc(-n2c(=S)[nH]c3cccc(Cl)c32)c1. The van der Waals surface area contributed by atoms with Gasteiger partial charge < -0.3 is 9.72 Å². The zero-order valence-corrected chi connectivity index (χ0v) is 12.5. The predicted molar refractivity (Wildman–Crippen MR) is 84.6 cm³/mol. The van der Waals surface area contributed by atoms with Gasteiger partial charge in [0.05, 0.1) is 28.4 Å². The Morgan fingerprint density at radius 1 is 1.25 bits per heavy atom. The zero-order valence-electron chi connectivity index (χ0n) is 10.9. The molecule has 0 fully saturated rings. The summed E-state index contributed by atoms with van der Waals surface area (Å²) in [6.45, 7) is 2.59. The first kappa shape index (κ1) is 13.2. The number of rotatable bonds is 3. The van der Waals surface area contributed by atoms with Crippen molar-refractivity contribution in [3.63, 3.8) is 0 Å². The van der Waals surface area contributed by atoms with Gasteiger partial charge in [-0.25, -0.2) is 0 Å². The highest BCUT2D eigenvalue weighted by atomic mass is 35.5. The van der Waals surface area contributed by atoms with Gasteiger partial charge in [-0.1, -0.05) is 23.7 Å². The standard InChI is InChI=1S/C15H13ClN2OS/c1-2-19-11-6-3-5-10(9-11)18-14-12(16)7-4-8-13(14)17-15(18)20/h3-9H,2H2,1H3,(H,17,20). The van der Waals surface area contributed by atoms with E-state index in [0.29, 0.717) is 16.4 Å². The second-order valence-electron chi connectivity index (χ2n) is 4.33. The number of benzene rings is 2. The Hall–Kier alpha value is -1.78. The first-order chi connectivity index (χ1) is 9.70. The molecular formula is C15H13ClN2OS. The molecule has 0 bridgehead atoms. The van der Waals surface area contributed by atoms with E-state index in [0.717, 1.165) is 22.5 Å². The van der Waals surface area contributed by atoms with Gasteiger partial charge in [0.25, 0.3) is 0 Å². The van der Waals surface area contributed by atoms with Crippen LogP contribution in [0.15, 0.2) is 42.5 Å². The largest absolute Gasteiger partial charge is 0.494 e. The highest BCUT2D eigenvalue weighted by Gasteiger charge is 2.10. The third-order valence-corrected chi connectivity index (χ3v) is 3.63. The number of H-pyrrole nitrogens is 1. The van der Waals surface area contributed by atoms with Gasteiger partial charge in [0.1, 0.15) is 5.75 Å². The van der Waals surface area contributed by atoms with Crippen LogP contribution in [0.1, 0.15) is 6.92 Å². The molecule has 0 aliphatic carbocycles. The molecule has 0 aliphatic heterocycles. The van der Waals surface area contributed by atoms with E-state index in [1.165, 1.54) is 0 Å². The van der Waals surface area contributed by atoms with Crippen molar-refractivity contribution >= 4 is 34.9 Å². The van der Waals surface area contributed by atoms with Gasteiger partial charge in [-0.05, 0) is 43.4 Å². The fourth-order valence-corrected chi connectivity index (χ4v) is 2.81.